The van der Waals surface area contributed by atoms with Gasteiger partial charge in [-0.1, -0.05) is 6.42 Å². The number of nitrogens with one attached hydrogen (secondary N) is 2. The average Bonchev–Trinajstić information content (AvgIpc) is 2.35. The van der Waals surface area contributed by atoms with Gasteiger partial charge in [-0.15, -0.1) is 0 Å². The molecule has 12 heavy (non-hydrogen) atoms. The molecule has 1 heterocycles. The Morgan fingerprint density at radius 2 is 2.33 bits per heavy atom. The zero-order valence-corrected chi connectivity index (χ0v) is 6.76. The highest BCUT2D eigenvalue weighted by molar-refractivity contribution is 5.12. The average molecular weight is 168 g/mol. The van der Waals surface area contributed by atoms with Gasteiger partial charge in [0.05, 0.1) is 0 Å². The Morgan fingerprint density at radius 1 is 1.58 bits per heavy atom. The Balaban J connectivity index is 2.33. The molecule has 4 N–H and O–H groups in total. The van der Waals surface area contributed by atoms with Crippen molar-refractivity contribution in [3.8, 4) is 0 Å². The van der Waals surface area contributed by atoms with E-state index in [-0.39, 0.29) is 11.1 Å². The van der Waals surface area contributed by atoms with E-state index >= 15 is 0 Å². The molecule has 2 rings (SSSR count). The van der Waals surface area contributed by atoms with Gasteiger partial charge in [0.2, 0.25) is 0 Å². The smallest absolute Gasteiger partial charge is 0.329 e. The molecule has 0 bridgehead atoms. The van der Waals surface area contributed by atoms with Gasteiger partial charge >= 0.3 is 5.69 Å². The molecule has 0 spiro atoms. The number of aromatic nitrogens is 3. The van der Waals surface area contributed by atoms with Crippen LogP contribution in [0.1, 0.15) is 25.1 Å². The third kappa shape index (κ3) is 0.896. The Bertz CT molecular complexity index is 317. The maximum absolute atomic E-state index is 10.8. The first-order valence-electron chi connectivity index (χ1n) is 4.12. The summed E-state index contributed by atoms with van der Waals surface area (Å²) in [4.78, 5) is 13.4. The minimum absolute atomic E-state index is 0.0425. The standard InChI is InChI=1S/C7H12N4O/c8-4-7(2-1-3-7)5-9-6(12)11-10-5/h1-4,8H2,(H2,9,10,11,12). The molecule has 1 aliphatic carbocycles. The fourth-order valence-corrected chi connectivity index (χ4v) is 1.66. The Hall–Kier alpha value is -1.10. The first-order chi connectivity index (χ1) is 5.77. The van der Waals surface area contributed by atoms with Gasteiger partial charge in [-0.25, -0.2) is 9.89 Å². The molecule has 0 amide bonds. The molecule has 0 aliphatic heterocycles. The minimum Gasteiger partial charge on any atom is -0.329 e. The number of hydrogen-bond donors (Lipinski definition) is 3. The van der Waals surface area contributed by atoms with E-state index in [1.807, 2.05) is 0 Å². The third-order valence-electron chi connectivity index (χ3n) is 2.70. The lowest BCUT2D eigenvalue weighted by atomic mass is 9.68. The van der Waals surface area contributed by atoms with Crippen LogP contribution in [0.4, 0.5) is 0 Å². The second kappa shape index (κ2) is 2.45. The molecular weight excluding hydrogens is 156 g/mol. The van der Waals surface area contributed by atoms with E-state index in [1.165, 1.54) is 6.42 Å². The van der Waals surface area contributed by atoms with Crippen LogP contribution in [-0.2, 0) is 5.41 Å². The summed E-state index contributed by atoms with van der Waals surface area (Å²) in [6.45, 7) is 0.563. The van der Waals surface area contributed by atoms with E-state index in [0.717, 1.165) is 18.7 Å². The molecular formula is C7H12N4O. The van der Waals surface area contributed by atoms with Gasteiger partial charge in [0.1, 0.15) is 5.82 Å². The summed E-state index contributed by atoms with van der Waals surface area (Å²) in [6, 6.07) is 0. The van der Waals surface area contributed by atoms with Gasteiger partial charge in [-0.3, -0.25) is 4.98 Å². The Kier molecular flexibility index (Phi) is 1.54. The molecule has 5 nitrogen and oxygen atoms in total. The lowest BCUT2D eigenvalue weighted by Gasteiger charge is -2.38. The highest BCUT2D eigenvalue weighted by atomic mass is 16.1. The van der Waals surface area contributed by atoms with Crippen LogP contribution in [0.15, 0.2) is 4.79 Å². The van der Waals surface area contributed by atoms with Crippen molar-refractivity contribution in [1.29, 1.82) is 0 Å². The Labute approximate surface area is 69.4 Å². The highest BCUT2D eigenvalue weighted by Crippen LogP contribution is 2.40. The van der Waals surface area contributed by atoms with Crippen molar-refractivity contribution in [2.75, 3.05) is 6.54 Å². The van der Waals surface area contributed by atoms with Crippen molar-refractivity contribution in [3.63, 3.8) is 0 Å². The van der Waals surface area contributed by atoms with Gasteiger partial charge in [-0.05, 0) is 12.8 Å². The van der Waals surface area contributed by atoms with Crippen LogP contribution in [0.5, 0.6) is 0 Å². The largest absolute Gasteiger partial charge is 0.340 e. The zero-order valence-electron chi connectivity index (χ0n) is 6.76. The van der Waals surface area contributed by atoms with Crippen LogP contribution in [0.3, 0.4) is 0 Å². The van der Waals surface area contributed by atoms with Gasteiger partial charge < -0.3 is 5.73 Å². The van der Waals surface area contributed by atoms with Crippen LogP contribution < -0.4 is 11.4 Å². The molecule has 1 fully saturated rings. The molecule has 0 aromatic carbocycles. The molecule has 0 saturated heterocycles. The number of nitrogens with zero attached hydrogens (tertiary/aromatic N) is 1. The van der Waals surface area contributed by atoms with E-state index in [0.29, 0.717) is 6.54 Å². The molecule has 66 valence electrons. The maximum atomic E-state index is 10.8. The second-order valence-corrected chi connectivity index (χ2v) is 3.36. The fraction of sp³-hybridized carbons (Fsp3) is 0.714. The van der Waals surface area contributed by atoms with E-state index in [1.54, 1.807) is 0 Å². The second-order valence-electron chi connectivity index (χ2n) is 3.36. The summed E-state index contributed by atoms with van der Waals surface area (Å²) in [5.74, 6) is 0.723. The predicted molar refractivity (Wildman–Crippen MR) is 43.8 cm³/mol. The van der Waals surface area contributed by atoms with Gasteiger partial charge in [0, 0.05) is 12.0 Å². The van der Waals surface area contributed by atoms with E-state index < -0.39 is 0 Å². The van der Waals surface area contributed by atoms with Gasteiger partial charge in [0.25, 0.3) is 0 Å². The Morgan fingerprint density at radius 3 is 2.67 bits per heavy atom. The zero-order chi connectivity index (χ0) is 8.60. The van der Waals surface area contributed by atoms with Crippen LogP contribution in [0, 0.1) is 0 Å². The summed E-state index contributed by atoms with van der Waals surface area (Å²) in [5, 5.41) is 6.27. The maximum Gasteiger partial charge on any atom is 0.340 e. The van der Waals surface area contributed by atoms with Crippen LogP contribution in [0.25, 0.3) is 0 Å². The first-order valence-corrected chi connectivity index (χ1v) is 4.12. The topological polar surface area (TPSA) is 87.6 Å². The quantitative estimate of drug-likeness (QED) is 0.555. The monoisotopic (exact) mass is 168 g/mol. The lowest BCUT2D eigenvalue weighted by molar-refractivity contribution is 0.238. The molecule has 0 atom stereocenters. The number of hydrogen-bond acceptors (Lipinski definition) is 3. The summed E-state index contributed by atoms with van der Waals surface area (Å²) >= 11 is 0. The molecule has 1 saturated carbocycles. The van der Waals surface area contributed by atoms with Gasteiger partial charge in [0.15, 0.2) is 0 Å². The number of rotatable bonds is 2. The molecule has 1 aliphatic rings. The van der Waals surface area contributed by atoms with Crippen molar-refractivity contribution in [1.82, 2.24) is 15.2 Å². The summed E-state index contributed by atoms with van der Waals surface area (Å²) in [7, 11) is 0. The third-order valence-corrected chi connectivity index (χ3v) is 2.70. The van der Waals surface area contributed by atoms with Crippen molar-refractivity contribution in [2.45, 2.75) is 24.7 Å². The molecule has 0 radical (unpaired) electrons. The summed E-state index contributed by atoms with van der Waals surface area (Å²) in [5.41, 5.74) is 5.35. The first kappa shape index (κ1) is 7.54. The van der Waals surface area contributed by atoms with E-state index in [9.17, 15) is 4.79 Å². The highest BCUT2D eigenvalue weighted by Gasteiger charge is 2.40. The normalized spacial score (nSPS) is 20.4. The lowest BCUT2D eigenvalue weighted by Crippen LogP contribution is -2.42. The predicted octanol–water partition coefficient (Wildman–Crippen LogP) is -0.522. The summed E-state index contributed by atoms with van der Waals surface area (Å²) in [6.07, 6.45) is 3.24. The van der Waals surface area contributed by atoms with Crippen molar-refractivity contribution < 1.29 is 0 Å². The number of H-pyrrole nitrogens is 2. The molecule has 1 aromatic rings. The van der Waals surface area contributed by atoms with Crippen LogP contribution in [-0.4, -0.2) is 21.7 Å². The van der Waals surface area contributed by atoms with Crippen molar-refractivity contribution >= 4 is 0 Å². The van der Waals surface area contributed by atoms with Crippen LogP contribution in [0.2, 0.25) is 0 Å². The van der Waals surface area contributed by atoms with E-state index in [2.05, 4.69) is 15.2 Å². The minimum atomic E-state index is -0.246. The SMILES string of the molecule is NCC1(c2n[nH]c(=O)[nH]2)CCC1. The van der Waals surface area contributed by atoms with Crippen molar-refractivity contribution in [2.24, 2.45) is 5.73 Å². The number of nitrogens with two attached hydrogens (primary N) is 1. The fourth-order valence-electron chi connectivity index (χ4n) is 1.66. The van der Waals surface area contributed by atoms with Gasteiger partial charge in [-0.2, -0.15) is 5.10 Å². The summed E-state index contributed by atoms with van der Waals surface area (Å²) < 4.78 is 0. The molecule has 1 aromatic heterocycles. The van der Waals surface area contributed by atoms with Crippen molar-refractivity contribution in [3.05, 3.63) is 16.3 Å². The number of aromatic amines is 2. The molecule has 5 heteroatoms. The molecule has 0 unspecified atom stereocenters. The van der Waals surface area contributed by atoms with E-state index in [4.69, 9.17) is 5.73 Å². The van der Waals surface area contributed by atoms with Crippen LogP contribution >= 0.6 is 0 Å².